The summed E-state index contributed by atoms with van der Waals surface area (Å²) in [5, 5.41) is 0. The zero-order chi connectivity index (χ0) is 12.6. The molecule has 3 heteroatoms. The Balaban J connectivity index is 2.12. The van der Waals surface area contributed by atoms with E-state index < -0.39 is 0 Å². The van der Waals surface area contributed by atoms with E-state index in [1.165, 1.54) is 5.56 Å². The number of ketones is 1. The van der Waals surface area contributed by atoms with Gasteiger partial charge in [0.1, 0.15) is 17.3 Å². The Morgan fingerprint density at radius 3 is 2.71 bits per heavy atom. The maximum Gasteiger partial charge on any atom is 0.138 e. The molecule has 0 N–H and O–H groups in total. The van der Waals surface area contributed by atoms with Gasteiger partial charge in [-0.05, 0) is 26.8 Å². The fourth-order valence-electron chi connectivity index (χ4n) is 2.66. The van der Waals surface area contributed by atoms with Crippen LogP contribution in [-0.2, 0) is 4.79 Å². The summed E-state index contributed by atoms with van der Waals surface area (Å²) in [6.07, 6.45) is 0.682. The fourth-order valence-corrected chi connectivity index (χ4v) is 2.66. The van der Waals surface area contributed by atoms with Crippen molar-refractivity contribution in [3.63, 3.8) is 0 Å². The minimum Gasteiger partial charge on any atom is -0.466 e. The van der Waals surface area contributed by atoms with Crippen molar-refractivity contribution in [1.82, 2.24) is 4.90 Å². The predicted molar refractivity (Wildman–Crippen MR) is 67.0 cm³/mol. The highest BCUT2D eigenvalue weighted by atomic mass is 16.3. The van der Waals surface area contributed by atoms with Crippen molar-refractivity contribution >= 4 is 5.78 Å². The first-order valence-corrected chi connectivity index (χ1v) is 6.32. The van der Waals surface area contributed by atoms with Gasteiger partial charge in [0.2, 0.25) is 0 Å². The third-order valence-corrected chi connectivity index (χ3v) is 3.78. The summed E-state index contributed by atoms with van der Waals surface area (Å²) in [5.74, 6) is 2.53. The van der Waals surface area contributed by atoms with E-state index in [9.17, 15) is 4.79 Å². The van der Waals surface area contributed by atoms with Crippen LogP contribution in [0.3, 0.4) is 0 Å². The van der Waals surface area contributed by atoms with Crippen molar-refractivity contribution in [2.24, 2.45) is 5.92 Å². The van der Waals surface area contributed by atoms with Gasteiger partial charge in [0.25, 0.3) is 0 Å². The van der Waals surface area contributed by atoms with Gasteiger partial charge in [0.05, 0.1) is 0 Å². The standard InChI is InChI=1S/C14H21NO2/c1-9-8-15(6-5-14(9)16)11(3)13-7-10(2)17-12(13)4/h7,9,11H,5-6,8H2,1-4H3. The summed E-state index contributed by atoms with van der Waals surface area (Å²) in [4.78, 5) is 13.9. The van der Waals surface area contributed by atoms with Crippen LogP contribution >= 0.6 is 0 Å². The number of furan rings is 1. The molecule has 1 aliphatic heterocycles. The smallest absolute Gasteiger partial charge is 0.138 e. The summed E-state index contributed by atoms with van der Waals surface area (Å²) < 4.78 is 5.58. The summed E-state index contributed by atoms with van der Waals surface area (Å²) in [6, 6.07) is 2.45. The molecule has 1 fully saturated rings. The number of Topliss-reactive ketones (excluding diaryl/α,β-unsaturated/α-hetero) is 1. The lowest BCUT2D eigenvalue weighted by molar-refractivity contribution is -0.126. The molecular weight excluding hydrogens is 214 g/mol. The monoisotopic (exact) mass is 235 g/mol. The summed E-state index contributed by atoms with van der Waals surface area (Å²) in [5.41, 5.74) is 1.25. The highest BCUT2D eigenvalue weighted by molar-refractivity contribution is 5.81. The van der Waals surface area contributed by atoms with Crippen LogP contribution in [0.1, 0.15) is 43.4 Å². The van der Waals surface area contributed by atoms with E-state index in [1.54, 1.807) is 0 Å². The second kappa shape index (κ2) is 4.65. The minimum atomic E-state index is 0.166. The topological polar surface area (TPSA) is 33.5 Å². The van der Waals surface area contributed by atoms with Gasteiger partial charge in [-0.2, -0.15) is 0 Å². The molecule has 0 bridgehead atoms. The SMILES string of the molecule is Cc1cc(C(C)N2CCC(=O)C(C)C2)c(C)o1. The first-order valence-electron chi connectivity index (χ1n) is 6.32. The fraction of sp³-hybridized carbons (Fsp3) is 0.643. The highest BCUT2D eigenvalue weighted by Crippen LogP contribution is 2.29. The Morgan fingerprint density at radius 1 is 1.47 bits per heavy atom. The molecule has 17 heavy (non-hydrogen) atoms. The molecule has 0 spiro atoms. The minimum absolute atomic E-state index is 0.166. The number of carbonyl (C=O) groups is 1. The Morgan fingerprint density at radius 2 is 2.18 bits per heavy atom. The molecule has 1 saturated heterocycles. The molecule has 0 saturated carbocycles. The molecule has 2 heterocycles. The van der Waals surface area contributed by atoms with Crippen molar-refractivity contribution in [3.8, 4) is 0 Å². The van der Waals surface area contributed by atoms with Crippen LogP contribution in [0, 0.1) is 19.8 Å². The van der Waals surface area contributed by atoms with Gasteiger partial charge >= 0.3 is 0 Å². The number of likely N-dealkylation sites (tertiary alicyclic amines) is 1. The molecular formula is C14H21NO2. The third kappa shape index (κ3) is 2.44. The largest absolute Gasteiger partial charge is 0.466 e. The van der Waals surface area contributed by atoms with Crippen LogP contribution in [0.5, 0.6) is 0 Å². The second-order valence-electron chi connectivity index (χ2n) is 5.16. The maximum atomic E-state index is 11.5. The number of nitrogens with zero attached hydrogens (tertiary/aromatic N) is 1. The van der Waals surface area contributed by atoms with Crippen molar-refractivity contribution in [2.45, 2.75) is 40.2 Å². The molecule has 3 nitrogen and oxygen atoms in total. The van der Waals surface area contributed by atoms with E-state index >= 15 is 0 Å². The molecule has 2 rings (SSSR count). The first-order chi connectivity index (χ1) is 7.99. The third-order valence-electron chi connectivity index (χ3n) is 3.78. The molecule has 94 valence electrons. The summed E-state index contributed by atoms with van der Waals surface area (Å²) in [6.45, 7) is 9.94. The summed E-state index contributed by atoms with van der Waals surface area (Å²) >= 11 is 0. The van der Waals surface area contributed by atoms with Gasteiger partial charge in [-0.25, -0.2) is 0 Å². The Labute approximate surface area is 103 Å². The van der Waals surface area contributed by atoms with Gasteiger partial charge in [-0.1, -0.05) is 6.92 Å². The highest BCUT2D eigenvalue weighted by Gasteiger charge is 2.28. The zero-order valence-corrected chi connectivity index (χ0v) is 11.1. The Hall–Kier alpha value is -1.09. The molecule has 0 aromatic carbocycles. The van der Waals surface area contributed by atoms with Crippen molar-refractivity contribution in [1.29, 1.82) is 0 Å². The normalized spacial score (nSPS) is 24.0. The van der Waals surface area contributed by atoms with E-state index in [2.05, 4.69) is 17.9 Å². The lowest BCUT2D eigenvalue weighted by Gasteiger charge is -2.34. The average Bonchev–Trinajstić information content (AvgIpc) is 2.61. The molecule has 1 aromatic heterocycles. The van der Waals surface area contributed by atoms with E-state index in [1.807, 2.05) is 20.8 Å². The molecule has 0 aliphatic carbocycles. The predicted octanol–water partition coefficient (Wildman–Crippen LogP) is 2.87. The van der Waals surface area contributed by atoms with Crippen molar-refractivity contribution in [2.75, 3.05) is 13.1 Å². The van der Waals surface area contributed by atoms with E-state index in [0.717, 1.165) is 24.6 Å². The first kappa shape index (κ1) is 12.4. The van der Waals surface area contributed by atoms with E-state index in [-0.39, 0.29) is 5.92 Å². The number of aryl methyl sites for hydroxylation is 2. The van der Waals surface area contributed by atoms with E-state index in [0.29, 0.717) is 18.2 Å². The second-order valence-corrected chi connectivity index (χ2v) is 5.16. The van der Waals surface area contributed by atoms with Gasteiger partial charge < -0.3 is 4.42 Å². The molecule has 0 radical (unpaired) electrons. The van der Waals surface area contributed by atoms with Crippen LogP contribution in [0.2, 0.25) is 0 Å². The Bertz CT molecular complexity index is 422. The number of carbonyl (C=O) groups excluding carboxylic acids is 1. The number of rotatable bonds is 2. The average molecular weight is 235 g/mol. The van der Waals surface area contributed by atoms with Crippen molar-refractivity contribution < 1.29 is 9.21 Å². The number of hydrogen-bond acceptors (Lipinski definition) is 3. The van der Waals surface area contributed by atoms with Crippen molar-refractivity contribution in [3.05, 3.63) is 23.2 Å². The molecule has 2 unspecified atom stereocenters. The van der Waals surface area contributed by atoms with Crippen LogP contribution in [0.4, 0.5) is 0 Å². The van der Waals surface area contributed by atoms with Gasteiger partial charge in [-0.3, -0.25) is 9.69 Å². The van der Waals surface area contributed by atoms with Gasteiger partial charge in [0, 0.05) is 37.0 Å². The lowest BCUT2D eigenvalue weighted by Crippen LogP contribution is -2.40. The van der Waals surface area contributed by atoms with Crippen LogP contribution in [-0.4, -0.2) is 23.8 Å². The van der Waals surface area contributed by atoms with Crippen LogP contribution < -0.4 is 0 Å². The molecule has 2 atom stereocenters. The Kier molecular flexibility index (Phi) is 3.38. The van der Waals surface area contributed by atoms with E-state index in [4.69, 9.17) is 4.42 Å². The lowest BCUT2D eigenvalue weighted by atomic mass is 9.96. The summed E-state index contributed by atoms with van der Waals surface area (Å²) in [7, 11) is 0. The molecule has 1 aromatic rings. The molecule has 0 amide bonds. The number of hydrogen-bond donors (Lipinski definition) is 0. The quantitative estimate of drug-likeness (QED) is 0.790. The molecule has 1 aliphatic rings. The maximum absolute atomic E-state index is 11.5. The number of piperidine rings is 1. The zero-order valence-electron chi connectivity index (χ0n) is 11.1. The van der Waals surface area contributed by atoms with Gasteiger partial charge in [-0.15, -0.1) is 0 Å². The van der Waals surface area contributed by atoms with Crippen LogP contribution in [0.15, 0.2) is 10.5 Å². The van der Waals surface area contributed by atoms with Crippen LogP contribution in [0.25, 0.3) is 0 Å². The van der Waals surface area contributed by atoms with Gasteiger partial charge in [0.15, 0.2) is 0 Å².